The van der Waals surface area contributed by atoms with E-state index in [0.29, 0.717) is 43.9 Å². The summed E-state index contributed by atoms with van der Waals surface area (Å²) in [5, 5.41) is 2.92. The van der Waals surface area contributed by atoms with Gasteiger partial charge in [-0.15, -0.1) is 0 Å². The predicted octanol–water partition coefficient (Wildman–Crippen LogP) is 3.78. The lowest BCUT2D eigenvalue weighted by Gasteiger charge is -2.29. The molecule has 0 radical (unpaired) electrons. The summed E-state index contributed by atoms with van der Waals surface area (Å²) >= 11 is 0. The number of benzene rings is 2. The van der Waals surface area contributed by atoms with Crippen LogP contribution in [0.3, 0.4) is 0 Å². The van der Waals surface area contributed by atoms with E-state index < -0.39 is 0 Å². The average Bonchev–Trinajstić information content (AvgIpc) is 2.79. The van der Waals surface area contributed by atoms with Crippen LogP contribution in [0.25, 0.3) is 0 Å². The van der Waals surface area contributed by atoms with Crippen molar-refractivity contribution in [2.45, 2.75) is 19.3 Å². The Labute approximate surface area is 181 Å². The van der Waals surface area contributed by atoms with Gasteiger partial charge in [0.2, 0.25) is 11.8 Å². The first-order valence-corrected chi connectivity index (χ1v) is 10.2. The number of rotatable bonds is 8. The van der Waals surface area contributed by atoms with Gasteiger partial charge < -0.3 is 19.5 Å². The van der Waals surface area contributed by atoms with E-state index in [1.807, 2.05) is 60.7 Å². The van der Waals surface area contributed by atoms with Crippen molar-refractivity contribution in [3.63, 3.8) is 0 Å². The number of amides is 2. The Hall–Kier alpha value is -3.58. The highest BCUT2D eigenvalue weighted by Crippen LogP contribution is 2.29. The third kappa shape index (κ3) is 5.52. The maximum atomic E-state index is 12.6. The van der Waals surface area contributed by atoms with Crippen LogP contribution in [0.5, 0.6) is 11.8 Å². The molecule has 1 aliphatic rings. The number of hydrogen-bond acceptors (Lipinski definition) is 5. The summed E-state index contributed by atoms with van der Waals surface area (Å²) in [5.41, 5.74) is 2.60. The molecule has 0 spiro atoms. The second-order valence-electron chi connectivity index (χ2n) is 7.27. The molecule has 2 amide bonds. The van der Waals surface area contributed by atoms with Crippen molar-refractivity contribution >= 4 is 11.7 Å². The number of ether oxygens (including phenoxy) is 3. The first-order chi connectivity index (χ1) is 15.2. The highest BCUT2D eigenvalue weighted by atomic mass is 16.5. The fraction of sp³-hybridized carbons (Fsp3) is 0.250. The lowest BCUT2D eigenvalue weighted by Crippen LogP contribution is -2.52. The molecule has 0 bridgehead atoms. The van der Waals surface area contributed by atoms with Crippen molar-refractivity contribution in [3.05, 3.63) is 83.9 Å². The summed E-state index contributed by atoms with van der Waals surface area (Å²) in [6.45, 7) is 1.78. The van der Waals surface area contributed by atoms with E-state index in [0.717, 1.165) is 11.1 Å². The van der Waals surface area contributed by atoms with Crippen LogP contribution in [0.2, 0.25) is 0 Å². The molecule has 1 N–H and O–H groups in total. The zero-order valence-corrected chi connectivity index (χ0v) is 17.4. The summed E-state index contributed by atoms with van der Waals surface area (Å²) in [5.74, 6) is 0.758. The van der Waals surface area contributed by atoms with Gasteiger partial charge in [-0.2, -0.15) is 4.98 Å². The van der Waals surface area contributed by atoms with E-state index >= 15 is 0 Å². The number of urea groups is 1. The predicted molar refractivity (Wildman–Crippen MR) is 117 cm³/mol. The largest absolute Gasteiger partial charge is 0.473 e. The first-order valence-electron chi connectivity index (χ1n) is 10.2. The molecule has 1 fully saturated rings. The van der Waals surface area contributed by atoms with Gasteiger partial charge in [0.25, 0.3) is 0 Å². The van der Waals surface area contributed by atoms with Gasteiger partial charge in [0, 0.05) is 13.1 Å². The van der Waals surface area contributed by atoms with Crippen LogP contribution in [-0.4, -0.2) is 37.3 Å². The Balaban J connectivity index is 1.51. The Bertz CT molecular complexity index is 994. The lowest BCUT2D eigenvalue weighted by atomic mass is 10.2. The van der Waals surface area contributed by atoms with Crippen molar-refractivity contribution < 1.29 is 19.0 Å². The molecule has 0 atom stereocenters. The normalized spacial score (nSPS) is 13.2. The van der Waals surface area contributed by atoms with Gasteiger partial charge in [0.15, 0.2) is 0 Å². The van der Waals surface area contributed by atoms with E-state index in [1.54, 1.807) is 19.2 Å². The molecule has 0 saturated carbocycles. The highest BCUT2D eigenvalue weighted by molar-refractivity contribution is 5.93. The molecule has 3 aromatic rings. The molecule has 0 unspecified atom stereocenters. The van der Waals surface area contributed by atoms with Crippen molar-refractivity contribution in [3.8, 4) is 11.8 Å². The number of nitrogens with one attached hydrogen (secondary N) is 1. The van der Waals surface area contributed by atoms with Crippen molar-refractivity contribution in [1.29, 1.82) is 0 Å². The third-order valence-corrected chi connectivity index (χ3v) is 4.89. The molecule has 2 heterocycles. The lowest BCUT2D eigenvalue weighted by molar-refractivity contribution is 0.000429. The van der Waals surface area contributed by atoms with Gasteiger partial charge in [-0.25, -0.2) is 4.79 Å². The number of carbonyl (C=O) groups is 1. The van der Waals surface area contributed by atoms with Gasteiger partial charge >= 0.3 is 6.03 Å². The molecule has 7 nitrogen and oxygen atoms in total. The number of hydrogen-bond donors (Lipinski definition) is 1. The zero-order valence-electron chi connectivity index (χ0n) is 17.4. The maximum Gasteiger partial charge on any atom is 0.322 e. The Morgan fingerprint density at radius 1 is 0.968 bits per heavy atom. The highest BCUT2D eigenvalue weighted by Gasteiger charge is 2.24. The van der Waals surface area contributed by atoms with Crippen LogP contribution < -0.4 is 19.7 Å². The zero-order chi connectivity index (χ0) is 21.5. The molecule has 2 aromatic carbocycles. The Morgan fingerprint density at radius 2 is 1.58 bits per heavy atom. The Kier molecular flexibility index (Phi) is 6.64. The van der Waals surface area contributed by atoms with Gasteiger partial charge in [-0.05, 0) is 17.2 Å². The maximum absolute atomic E-state index is 12.6. The van der Waals surface area contributed by atoms with Gasteiger partial charge in [-0.3, -0.25) is 4.90 Å². The number of nitrogens with zero attached hydrogens (tertiary/aromatic N) is 2. The molecule has 0 aliphatic carbocycles. The second kappa shape index (κ2) is 9.95. The summed E-state index contributed by atoms with van der Waals surface area (Å²) < 4.78 is 17.0. The second-order valence-corrected chi connectivity index (χ2v) is 7.27. The van der Waals surface area contributed by atoms with E-state index in [-0.39, 0.29) is 12.1 Å². The van der Waals surface area contributed by atoms with Crippen molar-refractivity contribution in [2.24, 2.45) is 0 Å². The SMILES string of the molecule is CN(C(=O)NC1COC1)c1ccc(OCc2ccccc2)nc1OCc1ccccc1. The number of pyridine rings is 1. The fourth-order valence-electron chi connectivity index (χ4n) is 3.02. The summed E-state index contributed by atoms with van der Waals surface area (Å²) in [6, 6.07) is 23.0. The number of anilines is 1. The van der Waals surface area contributed by atoms with Crippen LogP contribution in [0.4, 0.5) is 10.5 Å². The fourth-order valence-corrected chi connectivity index (χ4v) is 3.02. The molecule has 1 aromatic heterocycles. The molecule has 1 aliphatic heterocycles. The Morgan fingerprint density at radius 3 is 2.16 bits per heavy atom. The van der Waals surface area contributed by atoms with E-state index in [4.69, 9.17) is 14.2 Å². The van der Waals surface area contributed by atoms with Crippen LogP contribution >= 0.6 is 0 Å². The number of carbonyl (C=O) groups excluding carboxylic acids is 1. The topological polar surface area (TPSA) is 72.9 Å². The van der Waals surface area contributed by atoms with Gasteiger partial charge in [0.1, 0.15) is 18.9 Å². The minimum atomic E-state index is -0.238. The molecular formula is C24H25N3O4. The van der Waals surface area contributed by atoms with Crippen LogP contribution in [0.1, 0.15) is 11.1 Å². The van der Waals surface area contributed by atoms with Crippen molar-refractivity contribution in [2.75, 3.05) is 25.2 Å². The van der Waals surface area contributed by atoms with Gasteiger partial charge in [-0.1, -0.05) is 60.7 Å². The molecule has 7 heteroatoms. The quantitative estimate of drug-likeness (QED) is 0.602. The molecule has 1 saturated heterocycles. The smallest absolute Gasteiger partial charge is 0.322 e. The first kappa shape index (κ1) is 20.7. The minimum Gasteiger partial charge on any atom is -0.473 e. The standard InChI is InChI=1S/C24H25N3O4/c1-27(24(28)25-20-16-29-17-20)21-12-13-22(30-14-18-8-4-2-5-9-18)26-23(21)31-15-19-10-6-3-7-11-19/h2-13,20H,14-17H2,1H3,(H,25,28). The van der Waals surface area contributed by atoms with Crippen LogP contribution in [0, 0.1) is 0 Å². The molecule has 31 heavy (non-hydrogen) atoms. The number of aromatic nitrogens is 1. The van der Waals surface area contributed by atoms with E-state index in [9.17, 15) is 4.79 Å². The van der Waals surface area contributed by atoms with E-state index in [1.165, 1.54) is 4.90 Å². The summed E-state index contributed by atoms with van der Waals surface area (Å²) in [7, 11) is 1.69. The molecule has 4 rings (SSSR count). The monoisotopic (exact) mass is 419 g/mol. The summed E-state index contributed by atoms with van der Waals surface area (Å²) in [6.07, 6.45) is 0. The van der Waals surface area contributed by atoms with Crippen LogP contribution in [0.15, 0.2) is 72.8 Å². The molecule has 160 valence electrons. The van der Waals surface area contributed by atoms with E-state index in [2.05, 4.69) is 10.3 Å². The third-order valence-electron chi connectivity index (χ3n) is 4.89. The van der Waals surface area contributed by atoms with Crippen LogP contribution in [-0.2, 0) is 18.0 Å². The summed E-state index contributed by atoms with van der Waals surface area (Å²) in [4.78, 5) is 18.6. The van der Waals surface area contributed by atoms with Gasteiger partial charge in [0.05, 0.1) is 19.3 Å². The average molecular weight is 419 g/mol. The minimum absolute atomic E-state index is 0.0325. The molecular weight excluding hydrogens is 394 g/mol. The van der Waals surface area contributed by atoms with Crippen molar-refractivity contribution in [1.82, 2.24) is 10.3 Å².